The van der Waals surface area contributed by atoms with E-state index in [0.29, 0.717) is 12.5 Å². The number of aliphatic hydroxyl groups is 2. The minimum Gasteiger partial charge on any atom is -0.466 e. The predicted octanol–water partition coefficient (Wildman–Crippen LogP) is 3.33. The first kappa shape index (κ1) is 18.9. The van der Waals surface area contributed by atoms with Crippen LogP contribution in [0.25, 0.3) is 0 Å². The molecule has 0 bridgehead atoms. The van der Waals surface area contributed by atoms with Gasteiger partial charge in [0.25, 0.3) is 0 Å². The summed E-state index contributed by atoms with van der Waals surface area (Å²) in [7, 11) is 1.69. The normalized spacial score (nSPS) is 46.4. The van der Waals surface area contributed by atoms with E-state index in [9.17, 15) is 10.2 Å². The summed E-state index contributed by atoms with van der Waals surface area (Å²) in [6.45, 7) is 8.80. The molecule has 0 amide bonds. The summed E-state index contributed by atoms with van der Waals surface area (Å²) in [5.74, 6) is 1.07. The zero-order valence-electron chi connectivity index (χ0n) is 17.5. The highest BCUT2D eigenvalue weighted by molar-refractivity contribution is 5.50. The van der Waals surface area contributed by atoms with Crippen LogP contribution in [-0.4, -0.2) is 40.7 Å². The fourth-order valence-electron chi connectivity index (χ4n) is 6.73. The van der Waals surface area contributed by atoms with Crippen LogP contribution in [0.3, 0.4) is 0 Å². The van der Waals surface area contributed by atoms with Crippen LogP contribution in [0.2, 0.25) is 0 Å². The second-order valence-electron chi connectivity index (χ2n) is 9.94. The minimum atomic E-state index is -1.16. The summed E-state index contributed by atoms with van der Waals surface area (Å²) < 4.78 is 17.4. The number of epoxide rings is 1. The van der Waals surface area contributed by atoms with Gasteiger partial charge in [-0.3, -0.25) is 0 Å². The van der Waals surface area contributed by atoms with Crippen LogP contribution in [0.1, 0.15) is 63.3 Å². The van der Waals surface area contributed by atoms with Gasteiger partial charge in [-0.2, -0.15) is 0 Å². The molecule has 2 N–H and O–H groups in total. The average molecular weight is 389 g/mol. The Morgan fingerprint density at radius 1 is 1.36 bits per heavy atom. The molecule has 7 atom stereocenters. The van der Waals surface area contributed by atoms with Crippen LogP contribution in [0.4, 0.5) is 0 Å². The standard InChI is InChI=1S/C23H32O5/c1-12(2)22(25)13(3)8-18-21(4)7-6-14-15(10-27-17(14)11-26-5)16(21)9-19-23(18,28-19)20(22)24/h8,10,12-13,16,19-20,24-25H,6-7,9,11H2,1-5H3/t13-,16+,19+,20-,21+,22+,23-/m1/s1. The molecule has 2 fully saturated rings. The highest BCUT2D eigenvalue weighted by Crippen LogP contribution is 2.70. The lowest BCUT2D eigenvalue weighted by molar-refractivity contribution is -0.159. The topological polar surface area (TPSA) is 75.4 Å². The van der Waals surface area contributed by atoms with Crippen LogP contribution >= 0.6 is 0 Å². The molecule has 1 saturated heterocycles. The number of aliphatic hydroxyl groups excluding tert-OH is 1. The highest BCUT2D eigenvalue weighted by Gasteiger charge is 2.76. The van der Waals surface area contributed by atoms with Gasteiger partial charge in [-0.25, -0.2) is 0 Å². The van der Waals surface area contributed by atoms with Crippen molar-refractivity contribution in [3.8, 4) is 0 Å². The second-order valence-corrected chi connectivity index (χ2v) is 9.94. The van der Waals surface area contributed by atoms with Gasteiger partial charge in [0.05, 0.1) is 12.4 Å². The molecule has 4 aliphatic rings. The van der Waals surface area contributed by atoms with Gasteiger partial charge in [0.1, 0.15) is 29.7 Å². The van der Waals surface area contributed by atoms with Crippen LogP contribution in [0, 0.1) is 17.3 Å². The van der Waals surface area contributed by atoms with E-state index in [0.717, 1.165) is 25.0 Å². The maximum atomic E-state index is 11.4. The molecule has 0 aromatic carbocycles. The summed E-state index contributed by atoms with van der Waals surface area (Å²) in [5.41, 5.74) is 1.79. The maximum Gasteiger partial charge on any atom is 0.145 e. The second kappa shape index (κ2) is 5.72. The van der Waals surface area contributed by atoms with Crippen LogP contribution in [-0.2, 0) is 22.5 Å². The lowest BCUT2D eigenvalue weighted by Gasteiger charge is -2.55. The molecule has 154 valence electrons. The van der Waals surface area contributed by atoms with E-state index in [2.05, 4.69) is 13.0 Å². The smallest absolute Gasteiger partial charge is 0.145 e. The Labute approximate surface area is 166 Å². The number of hydrogen-bond donors (Lipinski definition) is 2. The summed E-state index contributed by atoms with van der Waals surface area (Å²) in [5, 5.41) is 22.8. The molecule has 28 heavy (non-hydrogen) atoms. The zero-order chi connectivity index (χ0) is 20.1. The zero-order valence-corrected chi connectivity index (χ0v) is 17.5. The largest absolute Gasteiger partial charge is 0.466 e. The summed E-state index contributed by atoms with van der Waals surface area (Å²) in [6.07, 6.45) is 5.98. The molecule has 1 spiro atoms. The molecular formula is C23H32O5. The van der Waals surface area contributed by atoms with E-state index in [4.69, 9.17) is 13.9 Å². The van der Waals surface area contributed by atoms with Crippen LogP contribution < -0.4 is 0 Å². The molecule has 1 aliphatic heterocycles. The van der Waals surface area contributed by atoms with Crippen molar-refractivity contribution in [2.45, 2.75) is 82.9 Å². The van der Waals surface area contributed by atoms with Crippen LogP contribution in [0.5, 0.6) is 0 Å². The van der Waals surface area contributed by atoms with E-state index < -0.39 is 17.3 Å². The first-order valence-electron chi connectivity index (χ1n) is 10.6. The van der Waals surface area contributed by atoms with E-state index >= 15 is 0 Å². The van der Waals surface area contributed by atoms with E-state index in [1.54, 1.807) is 7.11 Å². The Balaban J connectivity index is 1.61. The minimum absolute atomic E-state index is 0.0451. The number of furan rings is 1. The highest BCUT2D eigenvalue weighted by atomic mass is 16.6. The molecule has 3 aliphatic carbocycles. The number of fused-ring (bicyclic) bond motifs is 4. The molecule has 1 aromatic rings. The predicted molar refractivity (Wildman–Crippen MR) is 104 cm³/mol. The Morgan fingerprint density at radius 3 is 2.79 bits per heavy atom. The van der Waals surface area contributed by atoms with Gasteiger partial charge >= 0.3 is 0 Å². The lowest BCUT2D eigenvalue weighted by atomic mass is 9.49. The van der Waals surface area contributed by atoms with Crippen molar-refractivity contribution in [2.24, 2.45) is 17.3 Å². The van der Waals surface area contributed by atoms with Gasteiger partial charge in [-0.1, -0.05) is 33.8 Å². The first-order valence-corrected chi connectivity index (χ1v) is 10.6. The Kier molecular flexibility index (Phi) is 3.85. The average Bonchev–Trinajstić information content (AvgIpc) is 3.24. The summed E-state index contributed by atoms with van der Waals surface area (Å²) in [4.78, 5) is 0. The lowest BCUT2D eigenvalue weighted by Crippen LogP contribution is -2.64. The molecule has 5 heteroatoms. The van der Waals surface area contributed by atoms with Crippen molar-refractivity contribution in [1.82, 2.24) is 0 Å². The van der Waals surface area contributed by atoms with Gasteiger partial charge in [0.15, 0.2) is 0 Å². The van der Waals surface area contributed by atoms with Crippen molar-refractivity contribution in [3.05, 3.63) is 34.8 Å². The van der Waals surface area contributed by atoms with Gasteiger partial charge in [-0.15, -0.1) is 0 Å². The van der Waals surface area contributed by atoms with Crippen molar-refractivity contribution < 1.29 is 24.1 Å². The van der Waals surface area contributed by atoms with Gasteiger partial charge in [-0.05, 0) is 53.2 Å². The molecule has 2 heterocycles. The van der Waals surface area contributed by atoms with Gasteiger partial charge in [0, 0.05) is 13.0 Å². The van der Waals surface area contributed by atoms with E-state index in [-0.39, 0.29) is 23.4 Å². The number of hydrogen-bond acceptors (Lipinski definition) is 5. The Bertz CT molecular complexity index is 840. The SMILES string of the molecule is COCc1occ2c1CC[C@]1(C)C3=C[C@@H](C)[C@@](O)(C(C)C)[C@@H](O)[C@@]34O[C@H]4C[C@@H]21. The third-order valence-electron chi connectivity index (χ3n) is 8.49. The van der Waals surface area contributed by atoms with Crippen molar-refractivity contribution in [2.75, 3.05) is 7.11 Å². The third-order valence-corrected chi connectivity index (χ3v) is 8.49. The fourth-order valence-corrected chi connectivity index (χ4v) is 6.73. The Hall–Kier alpha value is -1.14. The van der Waals surface area contributed by atoms with E-state index in [1.807, 2.05) is 27.0 Å². The quantitative estimate of drug-likeness (QED) is 0.614. The fraction of sp³-hybridized carbons (Fsp3) is 0.739. The van der Waals surface area contributed by atoms with Crippen LogP contribution in [0.15, 0.2) is 22.3 Å². The maximum absolute atomic E-state index is 11.4. The molecule has 1 aromatic heterocycles. The molecule has 0 radical (unpaired) electrons. The molecule has 5 rings (SSSR count). The van der Waals surface area contributed by atoms with E-state index in [1.165, 1.54) is 16.7 Å². The third kappa shape index (κ3) is 2.01. The molecule has 0 unspecified atom stereocenters. The van der Waals surface area contributed by atoms with Crippen molar-refractivity contribution in [3.63, 3.8) is 0 Å². The molecular weight excluding hydrogens is 356 g/mol. The summed E-state index contributed by atoms with van der Waals surface area (Å²) >= 11 is 0. The molecule has 5 nitrogen and oxygen atoms in total. The van der Waals surface area contributed by atoms with Gasteiger partial charge in [0.2, 0.25) is 0 Å². The summed E-state index contributed by atoms with van der Waals surface area (Å²) in [6, 6.07) is 0. The van der Waals surface area contributed by atoms with Gasteiger partial charge < -0.3 is 24.1 Å². The first-order chi connectivity index (χ1) is 13.2. The molecule has 1 saturated carbocycles. The number of rotatable bonds is 3. The van der Waals surface area contributed by atoms with Crippen molar-refractivity contribution >= 4 is 0 Å². The van der Waals surface area contributed by atoms with Crippen molar-refractivity contribution in [1.29, 1.82) is 0 Å². The number of methoxy groups -OCH3 is 1. The monoisotopic (exact) mass is 388 g/mol. The Morgan fingerprint density at radius 2 is 2.11 bits per heavy atom. The number of ether oxygens (including phenoxy) is 2.